The van der Waals surface area contributed by atoms with Gasteiger partial charge in [-0.15, -0.1) is 0 Å². The summed E-state index contributed by atoms with van der Waals surface area (Å²) in [7, 11) is -17.1. The average molecular weight is 1490 g/mol. The molecule has 2 fully saturated rings. The van der Waals surface area contributed by atoms with Gasteiger partial charge < -0.3 is 78.7 Å². The molecule has 9 N–H and O–H groups in total. The molecule has 0 bridgehead atoms. The Labute approximate surface area is 594 Å². The van der Waals surface area contributed by atoms with Gasteiger partial charge in [-0.3, -0.25) is 33.8 Å². The third kappa shape index (κ3) is 21.0. The largest absolute Gasteiger partial charge is 0.497 e. The van der Waals surface area contributed by atoms with Crippen molar-refractivity contribution < 1.29 is 113 Å². The van der Waals surface area contributed by atoms with Crippen LogP contribution in [0.15, 0.2) is 48.0 Å². The first-order valence-corrected chi connectivity index (χ1v) is 39.2. The molecule has 2 aromatic rings. The summed E-state index contributed by atoms with van der Waals surface area (Å²) < 4.78 is 89.7. The molecule has 1 aliphatic carbocycles. The predicted octanol–water partition coefficient (Wildman–Crippen LogP) is 4.07. The van der Waals surface area contributed by atoms with Crippen molar-refractivity contribution in [1.82, 2.24) is 25.8 Å². The second-order valence-corrected chi connectivity index (χ2v) is 30.4. The molecule has 32 nitrogen and oxygen atoms in total. The average Bonchev–Trinajstić information content (AvgIpc) is 1.35. The van der Waals surface area contributed by atoms with Crippen LogP contribution >= 0.6 is 23.5 Å². The lowest BCUT2D eigenvalue weighted by Gasteiger charge is -2.41. The standard InChI is InChI=1S/C68H85N8O24P3/c69-20-10-28-94-56-39-55(97-57(56)42-96-102(87,88)100-103(89,90)99-101(84,85)86)52-38-46(65(79)74-66(52)80)11-3-5-22-73-68(83)95-34-33-93-41-43(40-70)19-29-91-31-32-92-30-23-71-58(77)16-2-1-4-21-72-64(78)47-17-18-48(51(37-47)67(81)82)59-53-35-44-12-6-24-75-26-8-14-49(60(44)75)62(53)98-63-50-15-9-27-76-25-7-13-45(61(50)76)36-54(59)63/h10,28,35-36,38,41,47-48,51-52,55-57H,1-2,4-9,12-19,21-27,29-34,37,39,42H2,(H8-,71,72,73,74,77,78,79,80,81,82,83,84,85,86,87,88,89,90)/p+1/b28-10+,43-41-/t47?,48?,51?,52?,55-,56-,57-/m1/s1. The maximum Gasteiger partial charge on any atom is 0.490 e. The number of imide groups is 1. The van der Waals surface area contributed by atoms with Crippen LogP contribution in [0.4, 0.5) is 10.5 Å². The van der Waals surface area contributed by atoms with Crippen molar-refractivity contribution in [3.63, 3.8) is 0 Å². The molecule has 0 aromatic heterocycles. The number of benzene rings is 2. The number of hydrogen-bond acceptors (Lipinski definition) is 22. The van der Waals surface area contributed by atoms with Gasteiger partial charge in [0.05, 0.1) is 98.4 Å². The van der Waals surface area contributed by atoms with E-state index in [1.165, 1.54) is 45.6 Å². The monoisotopic (exact) mass is 1490 g/mol. The minimum Gasteiger partial charge on any atom is -0.497 e. The van der Waals surface area contributed by atoms with E-state index in [-0.39, 0.29) is 101 Å². The highest BCUT2D eigenvalue weighted by atomic mass is 31.3. The van der Waals surface area contributed by atoms with E-state index in [1.807, 2.05) is 6.07 Å². The lowest BCUT2D eigenvalue weighted by atomic mass is 9.67. The smallest absolute Gasteiger partial charge is 0.490 e. The van der Waals surface area contributed by atoms with Crippen LogP contribution in [-0.2, 0) is 105 Å². The van der Waals surface area contributed by atoms with Gasteiger partial charge in [-0.05, 0) is 106 Å². The van der Waals surface area contributed by atoms with Gasteiger partial charge in [0.2, 0.25) is 23.1 Å². The molecule has 2 aromatic carbocycles. The van der Waals surface area contributed by atoms with E-state index in [4.69, 9.17) is 48.2 Å². The number of nitriles is 2. The van der Waals surface area contributed by atoms with Crippen molar-refractivity contribution in [2.24, 2.45) is 23.7 Å². The fraction of sp³-hybridized carbons (Fsp3) is 0.574. The molecule has 0 spiro atoms. The van der Waals surface area contributed by atoms with Gasteiger partial charge in [-0.2, -0.15) is 19.1 Å². The summed E-state index contributed by atoms with van der Waals surface area (Å²) in [5.41, 5.74) is 8.79. The number of amides is 5. The van der Waals surface area contributed by atoms with Crippen LogP contribution in [-0.4, -0.2) is 171 Å². The Bertz CT molecular complexity index is 4090. The molecule has 6 unspecified atom stereocenters. The summed E-state index contributed by atoms with van der Waals surface area (Å²) in [6.07, 6.45) is 12.0. The molecule has 103 heavy (non-hydrogen) atoms. The van der Waals surface area contributed by atoms with E-state index < -0.39 is 90.0 Å². The Morgan fingerprint density at radius 3 is 2.34 bits per heavy atom. The number of nitrogens with zero attached hydrogens (tertiary/aromatic N) is 4. The number of fused-ring (bicyclic) bond motifs is 4. The van der Waals surface area contributed by atoms with Crippen molar-refractivity contribution in [1.29, 1.82) is 10.5 Å². The number of unbranched alkanes of at least 4 members (excludes halogenated alkanes) is 2. The third-order valence-corrected chi connectivity index (χ3v) is 22.8. The number of aliphatic carboxylic acids is 1. The number of phosphoric ester groups is 1. The number of anilines is 1. The number of nitrogens with one attached hydrogen (secondary N) is 4. The fourth-order valence-corrected chi connectivity index (χ4v) is 17.6. The van der Waals surface area contributed by atoms with E-state index in [1.54, 1.807) is 6.07 Å². The zero-order chi connectivity index (χ0) is 73.3. The maximum absolute atomic E-state index is 13.8. The summed E-state index contributed by atoms with van der Waals surface area (Å²) >= 11 is 0. The molecule has 9 atom stereocenters. The number of aryl methyl sites for hydroxylation is 2. The zero-order valence-electron chi connectivity index (χ0n) is 56.8. The zero-order valence-corrected chi connectivity index (χ0v) is 59.4. The highest BCUT2D eigenvalue weighted by Crippen LogP contribution is 2.66. The lowest BCUT2D eigenvalue weighted by molar-refractivity contribution is -0.145. The number of carbonyl (C=O) groups is 6. The van der Waals surface area contributed by atoms with Crippen LogP contribution in [0.25, 0.3) is 5.57 Å². The second kappa shape index (κ2) is 36.3. The summed E-state index contributed by atoms with van der Waals surface area (Å²) in [5, 5.41) is 42.3. The first-order valence-electron chi connectivity index (χ1n) is 34.7. The number of ether oxygens (including phenoxy) is 7. The highest BCUT2D eigenvalue weighted by molar-refractivity contribution is 7.66. The van der Waals surface area contributed by atoms with E-state index in [0.717, 1.165) is 124 Å². The quantitative estimate of drug-likeness (QED) is 0.00906. The Morgan fingerprint density at radius 2 is 1.56 bits per heavy atom. The number of carboxylic acid groups (broad SMARTS) is 1. The van der Waals surface area contributed by atoms with Crippen molar-refractivity contribution in [3.05, 3.63) is 86.3 Å². The molecule has 1 saturated carbocycles. The molecule has 10 rings (SSSR count). The summed E-state index contributed by atoms with van der Waals surface area (Å²) in [5.74, 6) is 1.72. The third-order valence-electron chi connectivity index (χ3n) is 19.0. The number of allylic oxidation sites excluding steroid dienone is 1. The first-order chi connectivity index (χ1) is 49.5. The van der Waals surface area contributed by atoms with Crippen LogP contribution in [0.1, 0.15) is 118 Å². The van der Waals surface area contributed by atoms with Gasteiger partial charge >= 0.3 is 35.5 Å². The minimum atomic E-state index is -5.83. The van der Waals surface area contributed by atoms with Crippen LogP contribution in [0.5, 0.6) is 11.5 Å². The number of hydrogen-bond donors (Lipinski definition) is 9. The van der Waals surface area contributed by atoms with E-state index in [9.17, 15) is 62.6 Å². The number of rotatable bonds is 34. The van der Waals surface area contributed by atoms with E-state index in [0.29, 0.717) is 45.2 Å². The molecule has 1 saturated heterocycles. The summed E-state index contributed by atoms with van der Waals surface area (Å²) in [6.45, 7) is 4.62. The topological polar surface area (TPSA) is 449 Å². The molecule has 35 heteroatoms. The van der Waals surface area contributed by atoms with E-state index in [2.05, 4.69) is 67.9 Å². The van der Waals surface area contributed by atoms with Crippen molar-refractivity contribution in [2.75, 3.05) is 97.0 Å². The van der Waals surface area contributed by atoms with Crippen molar-refractivity contribution in [3.8, 4) is 35.5 Å². The Hall–Kier alpha value is -7.82. The van der Waals surface area contributed by atoms with Crippen LogP contribution in [0.3, 0.4) is 0 Å². The molecule has 556 valence electrons. The normalized spacial score (nSPS) is 23.0. The predicted molar refractivity (Wildman–Crippen MR) is 363 cm³/mol. The highest BCUT2D eigenvalue weighted by Gasteiger charge is 2.48. The van der Waals surface area contributed by atoms with Crippen LogP contribution < -0.4 is 46.1 Å². The lowest BCUT2D eigenvalue weighted by Crippen LogP contribution is -2.46. The summed E-state index contributed by atoms with van der Waals surface area (Å²) in [4.78, 5) is 117. The van der Waals surface area contributed by atoms with Gasteiger partial charge in [0.15, 0.2) is 0 Å². The molecule has 5 amide bonds. The Balaban J connectivity index is 0.560. The number of phosphoric acid groups is 3. The van der Waals surface area contributed by atoms with Gasteiger partial charge in [-0.1, -0.05) is 18.3 Å². The Morgan fingerprint density at radius 1 is 0.796 bits per heavy atom. The van der Waals surface area contributed by atoms with Gasteiger partial charge in [0, 0.05) is 105 Å². The van der Waals surface area contributed by atoms with Crippen molar-refractivity contribution >= 4 is 70.4 Å². The molecule has 7 aliphatic heterocycles. The van der Waals surface area contributed by atoms with Gasteiger partial charge in [-0.25, -0.2) is 23.1 Å². The number of carboxylic acids is 1. The molecular formula is C68H86N8O24P3+. The van der Waals surface area contributed by atoms with Crippen LogP contribution in [0, 0.1) is 58.2 Å². The van der Waals surface area contributed by atoms with Crippen LogP contribution in [0.2, 0.25) is 0 Å². The molecule has 8 aliphatic rings. The number of alkyl carbamates (subject to hydrolysis) is 1. The van der Waals surface area contributed by atoms with Gasteiger partial charge in [0.25, 0.3) is 5.91 Å². The van der Waals surface area contributed by atoms with Crippen molar-refractivity contribution in [2.45, 2.75) is 134 Å². The Kier molecular flexibility index (Phi) is 27.4. The molecule has 0 radical (unpaired) electrons. The SMILES string of the molecule is N#C/C=C/O[C@@H]1C[C@H](C2C=C(C#CCCNC(=O)OCCO/C=C(\C#N)CCOCCOCCNC(=O)CCCCCNC(=O)C3CCC(C4=c5cc6c7c(c5Oc5c4cc4c8c5CCCN8CCC4)CCC[N+]=7CCC6)C(C(=O)O)C3)C(=O)NC2=O)O[C@@H]1COP(=O)(O)OP(=O)(O)OP(=O)(O)O. The maximum atomic E-state index is 13.8. The first kappa shape index (κ1) is 77.8. The molecular weight excluding hydrogens is 1410 g/mol. The minimum absolute atomic E-state index is 0.0180. The van der Waals surface area contributed by atoms with E-state index >= 15 is 0 Å². The fourth-order valence-electron chi connectivity index (χ4n) is 14.6. The van der Waals surface area contributed by atoms with Gasteiger partial charge in [0.1, 0.15) is 50.0 Å². The number of carbonyl (C=O) groups excluding carboxylic acids is 5. The molecule has 7 heterocycles. The summed E-state index contributed by atoms with van der Waals surface area (Å²) in [6, 6.07) is 8.35. The second-order valence-electron chi connectivity index (χ2n) is 26.0.